The lowest BCUT2D eigenvalue weighted by molar-refractivity contribution is -0.294. The van der Waals surface area contributed by atoms with Crippen molar-refractivity contribution in [1.82, 2.24) is 0 Å². The van der Waals surface area contributed by atoms with Crippen LogP contribution in [-0.2, 0) is 9.53 Å². The molecule has 0 aromatic carbocycles. The third kappa shape index (κ3) is 2.42. The van der Waals surface area contributed by atoms with Crippen molar-refractivity contribution in [2.45, 2.75) is 124 Å². The third-order valence-corrected chi connectivity index (χ3v) is 14.3. The molecule has 5 saturated carbocycles. The molecule has 7 fully saturated rings. The van der Waals surface area contributed by atoms with Crippen molar-refractivity contribution in [3.63, 3.8) is 0 Å². The van der Waals surface area contributed by atoms with Crippen LogP contribution in [0, 0.1) is 56.7 Å². The Morgan fingerprint density at radius 3 is 2.18 bits per heavy atom. The molecule has 2 aliphatic heterocycles. The van der Waals surface area contributed by atoms with Gasteiger partial charge in [0.15, 0.2) is 0 Å². The van der Waals surface area contributed by atoms with Gasteiger partial charge in [0.25, 0.3) is 0 Å². The van der Waals surface area contributed by atoms with Crippen molar-refractivity contribution in [3.05, 3.63) is 0 Å². The number of fused-ring (bicyclic) bond motifs is 7. The maximum atomic E-state index is 13.4. The molecule has 0 radical (unpaired) electrons. The average molecular weight is 473 g/mol. The van der Waals surface area contributed by atoms with E-state index in [-0.39, 0.29) is 38.6 Å². The first-order valence-corrected chi connectivity index (χ1v) is 14.3. The van der Waals surface area contributed by atoms with Crippen LogP contribution in [0.1, 0.15) is 106 Å². The van der Waals surface area contributed by atoms with Crippen molar-refractivity contribution in [3.8, 4) is 0 Å². The monoisotopic (exact) mass is 472 g/mol. The molecule has 0 amide bonds. The highest BCUT2D eigenvalue weighted by atomic mass is 16.6. The van der Waals surface area contributed by atoms with E-state index in [1.165, 1.54) is 19.3 Å². The van der Waals surface area contributed by atoms with Gasteiger partial charge in [-0.3, -0.25) is 4.79 Å². The SMILES string of the molecule is CC1C2C3CCC4C5(C)CC(O)C(O)C(C)(C)C5CCC4(C)C3(C)CCC23CCC1(C)OC3=O. The molecule has 192 valence electrons. The van der Waals surface area contributed by atoms with Crippen LogP contribution in [0.5, 0.6) is 0 Å². The Labute approximate surface area is 206 Å². The number of rotatable bonds is 0. The van der Waals surface area contributed by atoms with Gasteiger partial charge in [0.2, 0.25) is 0 Å². The molecule has 34 heavy (non-hydrogen) atoms. The van der Waals surface area contributed by atoms with E-state index >= 15 is 0 Å². The number of hydrogen-bond donors (Lipinski definition) is 2. The van der Waals surface area contributed by atoms with Gasteiger partial charge in [0.1, 0.15) is 5.60 Å². The van der Waals surface area contributed by atoms with Crippen LogP contribution in [0.25, 0.3) is 0 Å². The van der Waals surface area contributed by atoms with Crippen molar-refractivity contribution < 1.29 is 19.7 Å². The number of aliphatic hydroxyl groups excluding tert-OH is 2. The maximum absolute atomic E-state index is 13.4. The molecule has 7 rings (SSSR count). The molecule has 7 aliphatic rings. The van der Waals surface area contributed by atoms with Crippen molar-refractivity contribution in [2.24, 2.45) is 56.7 Å². The normalized spacial score (nSPS) is 62.0. The second kappa shape index (κ2) is 6.63. The van der Waals surface area contributed by atoms with Crippen LogP contribution >= 0.6 is 0 Å². The van der Waals surface area contributed by atoms with Gasteiger partial charge in [-0.25, -0.2) is 0 Å². The lowest BCUT2D eigenvalue weighted by Gasteiger charge is -2.75. The maximum Gasteiger partial charge on any atom is 0.312 e. The minimum atomic E-state index is -0.637. The quantitative estimate of drug-likeness (QED) is 0.442. The Morgan fingerprint density at radius 2 is 1.50 bits per heavy atom. The van der Waals surface area contributed by atoms with E-state index in [1.807, 2.05) is 0 Å². The molecule has 12 unspecified atom stereocenters. The molecule has 4 nitrogen and oxygen atoms in total. The molecule has 2 saturated heterocycles. The number of hydrogen-bond acceptors (Lipinski definition) is 4. The van der Waals surface area contributed by atoms with Crippen LogP contribution in [0.2, 0.25) is 0 Å². The standard InChI is InChI=1S/C30H48O4/c1-17-22-18-8-9-21-26(4)16-19(31)23(32)25(2,3)20(26)10-11-28(21,6)27(18,5)12-14-30(22)15-13-29(17,7)34-24(30)33/h17-23,31-32H,8-16H2,1-7H3. The van der Waals surface area contributed by atoms with E-state index in [4.69, 9.17) is 4.74 Å². The fourth-order valence-electron chi connectivity index (χ4n) is 12.2. The first-order chi connectivity index (χ1) is 15.7. The van der Waals surface area contributed by atoms with E-state index in [9.17, 15) is 15.0 Å². The minimum Gasteiger partial charge on any atom is -0.459 e. The topological polar surface area (TPSA) is 66.8 Å². The predicted molar refractivity (Wildman–Crippen MR) is 132 cm³/mol. The lowest BCUT2D eigenvalue weighted by atomic mass is 9.30. The summed E-state index contributed by atoms with van der Waals surface area (Å²) in [6.45, 7) is 16.6. The number of carbonyl (C=O) groups is 1. The minimum absolute atomic E-state index is 0.0420. The summed E-state index contributed by atoms with van der Waals surface area (Å²) in [4.78, 5) is 13.4. The number of carbonyl (C=O) groups excluding carboxylic acids is 1. The van der Waals surface area contributed by atoms with Gasteiger partial charge in [-0.1, -0.05) is 41.5 Å². The van der Waals surface area contributed by atoms with Crippen LogP contribution in [-0.4, -0.2) is 34.0 Å². The van der Waals surface area contributed by atoms with Gasteiger partial charge in [0, 0.05) is 0 Å². The number of aliphatic hydroxyl groups is 2. The average Bonchev–Trinajstić information content (AvgIpc) is 2.74. The Morgan fingerprint density at radius 1 is 0.824 bits per heavy atom. The number of esters is 1. The zero-order valence-corrected chi connectivity index (χ0v) is 22.6. The third-order valence-electron chi connectivity index (χ3n) is 14.3. The van der Waals surface area contributed by atoms with Gasteiger partial charge < -0.3 is 14.9 Å². The van der Waals surface area contributed by atoms with E-state index in [2.05, 4.69) is 48.5 Å². The summed E-state index contributed by atoms with van der Waals surface area (Å²) in [7, 11) is 0. The molecule has 1 spiro atoms. The summed E-state index contributed by atoms with van der Waals surface area (Å²) in [6.07, 6.45) is 8.30. The van der Waals surface area contributed by atoms with Gasteiger partial charge in [-0.15, -0.1) is 0 Å². The van der Waals surface area contributed by atoms with E-state index in [0.29, 0.717) is 29.6 Å². The molecule has 2 heterocycles. The summed E-state index contributed by atoms with van der Waals surface area (Å²) in [6, 6.07) is 0. The molecular formula is C30H48O4. The van der Waals surface area contributed by atoms with E-state index < -0.39 is 12.2 Å². The predicted octanol–water partition coefficient (Wildman–Crippen LogP) is 5.74. The fraction of sp³-hybridized carbons (Fsp3) is 0.967. The molecule has 0 aromatic heterocycles. The number of ether oxygens (including phenoxy) is 1. The van der Waals surface area contributed by atoms with Gasteiger partial charge >= 0.3 is 5.97 Å². The van der Waals surface area contributed by atoms with Crippen LogP contribution in [0.4, 0.5) is 0 Å². The van der Waals surface area contributed by atoms with Gasteiger partial charge in [-0.2, -0.15) is 0 Å². The zero-order valence-electron chi connectivity index (χ0n) is 22.6. The molecule has 0 aromatic rings. The Bertz CT molecular complexity index is 913. The first-order valence-electron chi connectivity index (χ1n) is 14.3. The molecule has 4 heteroatoms. The fourth-order valence-corrected chi connectivity index (χ4v) is 12.2. The van der Waals surface area contributed by atoms with Gasteiger partial charge in [0.05, 0.1) is 17.6 Å². The molecule has 12 atom stereocenters. The van der Waals surface area contributed by atoms with Crippen molar-refractivity contribution in [1.29, 1.82) is 0 Å². The highest BCUT2D eigenvalue weighted by Gasteiger charge is 2.74. The van der Waals surface area contributed by atoms with E-state index in [1.54, 1.807) is 0 Å². The lowest BCUT2D eigenvalue weighted by Crippen LogP contribution is -2.72. The molecule has 5 aliphatic carbocycles. The Hall–Kier alpha value is -0.610. The summed E-state index contributed by atoms with van der Waals surface area (Å²) in [5, 5.41) is 21.9. The Balaban J connectivity index is 1.41. The summed E-state index contributed by atoms with van der Waals surface area (Å²) < 4.78 is 6.13. The summed E-state index contributed by atoms with van der Waals surface area (Å²) >= 11 is 0. The Kier molecular flexibility index (Phi) is 4.63. The van der Waals surface area contributed by atoms with Gasteiger partial charge in [-0.05, 0) is 116 Å². The smallest absolute Gasteiger partial charge is 0.312 e. The van der Waals surface area contributed by atoms with Crippen molar-refractivity contribution in [2.75, 3.05) is 0 Å². The van der Waals surface area contributed by atoms with Crippen LogP contribution < -0.4 is 0 Å². The zero-order chi connectivity index (χ0) is 24.7. The molecular weight excluding hydrogens is 424 g/mol. The van der Waals surface area contributed by atoms with Crippen LogP contribution in [0.15, 0.2) is 0 Å². The second-order valence-corrected chi connectivity index (χ2v) is 15.4. The largest absolute Gasteiger partial charge is 0.459 e. The molecule has 2 bridgehead atoms. The highest BCUT2D eigenvalue weighted by molar-refractivity contribution is 5.80. The summed E-state index contributed by atoms with van der Waals surface area (Å²) in [5.41, 5.74) is -0.372. The second-order valence-electron chi connectivity index (χ2n) is 15.4. The van der Waals surface area contributed by atoms with Crippen molar-refractivity contribution >= 4 is 5.97 Å². The molecule has 2 N–H and O–H groups in total. The summed E-state index contributed by atoms with van der Waals surface area (Å²) in [5.74, 6) is 2.52. The first kappa shape index (κ1) is 23.8. The van der Waals surface area contributed by atoms with Crippen LogP contribution in [0.3, 0.4) is 0 Å². The van der Waals surface area contributed by atoms with E-state index in [0.717, 1.165) is 38.5 Å². The highest BCUT2D eigenvalue weighted by Crippen LogP contribution is 2.78.